The highest BCUT2D eigenvalue weighted by Gasteiger charge is 2.34. The SMILES string of the molecule is CCOC(=O)C1CCCCN1C(=O)CN1CCN(CC(=O)N2CCCCC2)CC1. The number of rotatable bonds is 6. The maximum atomic E-state index is 12.9. The maximum Gasteiger partial charge on any atom is 0.328 e. The predicted molar refractivity (Wildman–Crippen MR) is 109 cm³/mol. The summed E-state index contributed by atoms with van der Waals surface area (Å²) in [5, 5.41) is 0. The van der Waals surface area contributed by atoms with Crippen LogP contribution in [0.1, 0.15) is 45.4 Å². The molecule has 0 aromatic heterocycles. The van der Waals surface area contributed by atoms with Gasteiger partial charge in [-0.05, 0) is 45.4 Å². The molecule has 3 rings (SSSR count). The minimum Gasteiger partial charge on any atom is -0.464 e. The summed E-state index contributed by atoms with van der Waals surface area (Å²) in [6.07, 6.45) is 6.04. The van der Waals surface area contributed by atoms with E-state index in [0.29, 0.717) is 32.7 Å². The van der Waals surface area contributed by atoms with Crippen molar-refractivity contribution in [1.29, 1.82) is 0 Å². The fourth-order valence-corrected chi connectivity index (χ4v) is 4.54. The van der Waals surface area contributed by atoms with Gasteiger partial charge in [0.1, 0.15) is 6.04 Å². The van der Waals surface area contributed by atoms with Crippen molar-refractivity contribution in [2.45, 2.75) is 51.5 Å². The summed E-state index contributed by atoms with van der Waals surface area (Å²) in [7, 11) is 0. The maximum absolute atomic E-state index is 12.9. The predicted octanol–water partition coefficient (Wildman–Crippen LogP) is 0.561. The van der Waals surface area contributed by atoms with Crippen molar-refractivity contribution in [2.24, 2.45) is 0 Å². The molecule has 0 radical (unpaired) electrons. The fourth-order valence-electron chi connectivity index (χ4n) is 4.54. The van der Waals surface area contributed by atoms with Gasteiger partial charge in [0, 0.05) is 45.8 Å². The number of hydrogen-bond acceptors (Lipinski definition) is 6. The number of piperazine rings is 1. The van der Waals surface area contributed by atoms with E-state index < -0.39 is 6.04 Å². The Morgan fingerprint density at radius 3 is 1.97 bits per heavy atom. The van der Waals surface area contributed by atoms with Crippen molar-refractivity contribution in [3.8, 4) is 0 Å². The lowest BCUT2D eigenvalue weighted by atomic mass is 10.0. The first-order chi connectivity index (χ1) is 14.1. The van der Waals surface area contributed by atoms with E-state index in [4.69, 9.17) is 4.74 Å². The van der Waals surface area contributed by atoms with Gasteiger partial charge in [-0.25, -0.2) is 4.79 Å². The van der Waals surface area contributed by atoms with Crippen LogP contribution in [0.25, 0.3) is 0 Å². The number of esters is 1. The van der Waals surface area contributed by atoms with Gasteiger partial charge in [0.05, 0.1) is 19.7 Å². The van der Waals surface area contributed by atoms with Crippen LogP contribution in [0, 0.1) is 0 Å². The topological polar surface area (TPSA) is 73.4 Å². The number of carbonyl (C=O) groups excluding carboxylic acids is 3. The van der Waals surface area contributed by atoms with Crippen molar-refractivity contribution in [3.05, 3.63) is 0 Å². The van der Waals surface area contributed by atoms with E-state index >= 15 is 0 Å². The van der Waals surface area contributed by atoms with Crippen molar-refractivity contribution in [3.63, 3.8) is 0 Å². The molecule has 0 spiro atoms. The molecule has 29 heavy (non-hydrogen) atoms. The Labute approximate surface area is 174 Å². The molecule has 3 aliphatic rings. The summed E-state index contributed by atoms with van der Waals surface area (Å²) in [6, 6.07) is -0.431. The first kappa shape index (κ1) is 22.0. The Morgan fingerprint density at radius 2 is 1.34 bits per heavy atom. The second-order valence-electron chi connectivity index (χ2n) is 8.34. The molecule has 0 N–H and O–H groups in total. The van der Waals surface area contributed by atoms with E-state index in [1.165, 1.54) is 6.42 Å². The van der Waals surface area contributed by atoms with Crippen LogP contribution in [-0.4, -0.2) is 109 Å². The van der Waals surface area contributed by atoms with Crippen molar-refractivity contribution in [1.82, 2.24) is 19.6 Å². The molecule has 3 heterocycles. The Kier molecular flexibility index (Phi) is 8.29. The number of likely N-dealkylation sites (tertiary alicyclic amines) is 2. The highest BCUT2D eigenvalue weighted by Crippen LogP contribution is 2.19. The highest BCUT2D eigenvalue weighted by molar-refractivity contribution is 5.86. The van der Waals surface area contributed by atoms with Crippen LogP contribution in [0.4, 0.5) is 0 Å². The number of nitrogens with zero attached hydrogens (tertiary/aromatic N) is 4. The molecule has 1 unspecified atom stereocenters. The molecule has 0 aliphatic carbocycles. The van der Waals surface area contributed by atoms with E-state index in [2.05, 4.69) is 9.80 Å². The van der Waals surface area contributed by atoms with Gasteiger partial charge < -0.3 is 14.5 Å². The molecule has 0 saturated carbocycles. The monoisotopic (exact) mass is 408 g/mol. The second-order valence-corrected chi connectivity index (χ2v) is 8.34. The van der Waals surface area contributed by atoms with Gasteiger partial charge in [0.15, 0.2) is 0 Å². The van der Waals surface area contributed by atoms with Crippen LogP contribution in [0.5, 0.6) is 0 Å². The molecular weight excluding hydrogens is 372 g/mol. The zero-order valence-corrected chi connectivity index (χ0v) is 17.8. The lowest BCUT2D eigenvalue weighted by molar-refractivity contribution is -0.157. The highest BCUT2D eigenvalue weighted by atomic mass is 16.5. The lowest BCUT2D eigenvalue weighted by Crippen LogP contribution is -2.55. The van der Waals surface area contributed by atoms with E-state index in [1.807, 2.05) is 4.90 Å². The normalized spacial score (nSPS) is 24.4. The third kappa shape index (κ3) is 6.15. The first-order valence-electron chi connectivity index (χ1n) is 11.3. The van der Waals surface area contributed by atoms with E-state index in [9.17, 15) is 14.4 Å². The average Bonchev–Trinajstić information content (AvgIpc) is 2.76. The van der Waals surface area contributed by atoms with Crippen LogP contribution < -0.4 is 0 Å². The van der Waals surface area contributed by atoms with Crippen LogP contribution in [0.3, 0.4) is 0 Å². The molecule has 0 aromatic rings. The Morgan fingerprint density at radius 1 is 0.759 bits per heavy atom. The smallest absolute Gasteiger partial charge is 0.328 e. The molecule has 3 aliphatic heterocycles. The summed E-state index contributed by atoms with van der Waals surface area (Å²) < 4.78 is 5.16. The zero-order chi connectivity index (χ0) is 20.6. The van der Waals surface area contributed by atoms with Crippen molar-refractivity contribution >= 4 is 17.8 Å². The van der Waals surface area contributed by atoms with Gasteiger partial charge in [-0.2, -0.15) is 0 Å². The van der Waals surface area contributed by atoms with E-state index in [1.54, 1.807) is 11.8 Å². The number of amides is 2. The summed E-state index contributed by atoms with van der Waals surface area (Å²) >= 11 is 0. The van der Waals surface area contributed by atoms with Gasteiger partial charge >= 0.3 is 5.97 Å². The van der Waals surface area contributed by atoms with Gasteiger partial charge in [-0.15, -0.1) is 0 Å². The molecule has 8 heteroatoms. The van der Waals surface area contributed by atoms with Crippen LogP contribution >= 0.6 is 0 Å². The molecule has 3 fully saturated rings. The molecule has 164 valence electrons. The van der Waals surface area contributed by atoms with Gasteiger partial charge in [0.25, 0.3) is 0 Å². The van der Waals surface area contributed by atoms with Gasteiger partial charge in [-0.3, -0.25) is 19.4 Å². The van der Waals surface area contributed by atoms with Gasteiger partial charge in [0.2, 0.25) is 11.8 Å². The number of piperidine rings is 2. The fraction of sp³-hybridized carbons (Fsp3) is 0.857. The molecule has 3 saturated heterocycles. The molecule has 0 bridgehead atoms. The van der Waals surface area contributed by atoms with Crippen molar-refractivity contribution in [2.75, 3.05) is 65.5 Å². The molecule has 8 nitrogen and oxygen atoms in total. The Hall–Kier alpha value is -1.67. The molecule has 1 atom stereocenters. The second kappa shape index (κ2) is 10.9. The largest absolute Gasteiger partial charge is 0.464 e. The minimum atomic E-state index is -0.431. The van der Waals surface area contributed by atoms with E-state index in [0.717, 1.165) is 65.0 Å². The summed E-state index contributed by atoms with van der Waals surface area (Å²) in [5.41, 5.74) is 0. The molecule has 2 amide bonds. The van der Waals surface area contributed by atoms with Crippen molar-refractivity contribution < 1.29 is 19.1 Å². The van der Waals surface area contributed by atoms with Crippen LogP contribution in [0.15, 0.2) is 0 Å². The molecular formula is C21H36N4O4. The van der Waals surface area contributed by atoms with Crippen LogP contribution in [-0.2, 0) is 19.1 Å². The van der Waals surface area contributed by atoms with Crippen LogP contribution in [0.2, 0.25) is 0 Å². The first-order valence-corrected chi connectivity index (χ1v) is 11.3. The van der Waals surface area contributed by atoms with Gasteiger partial charge in [-0.1, -0.05) is 0 Å². The Bertz CT molecular complexity index is 571. The zero-order valence-electron chi connectivity index (χ0n) is 17.8. The quantitative estimate of drug-likeness (QED) is 0.598. The number of carbonyl (C=O) groups is 3. The number of ether oxygens (including phenoxy) is 1. The summed E-state index contributed by atoms with van der Waals surface area (Å²) in [5.74, 6) is -0.0259. The standard InChI is InChI=1S/C21H36N4O4/c1-2-29-21(28)18-8-4-7-11-25(18)20(27)17-23-14-12-22(13-15-23)16-19(26)24-9-5-3-6-10-24/h18H,2-17H2,1H3. The summed E-state index contributed by atoms with van der Waals surface area (Å²) in [4.78, 5) is 45.6. The third-order valence-electron chi connectivity index (χ3n) is 6.27. The third-order valence-corrected chi connectivity index (χ3v) is 6.27. The van der Waals surface area contributed by atoms with E-state index in [-0.39, 0.29) is 17.8 Å². The minimum absolute atomic E-state index is 0.0144. The summed E-state index contributed by atoms with van der Waals surface area (Å²) in [6.45, 7) is 8.53. The molecule has 0 aromatic carbocycles. The average molecular weight is 409 g/mol. The Balaban J connectivity index is 1.42. The lowest BCUT2D eigenvalue weighted by Gasteiger charge is -2.38. The number of hydrogen-bond donors (Lipinski definition) is 0.